The summed E-state index contributed by atoms with van der Waals surface area (Å²) in [6, 6.07) is 26.0. The maximum Gasteiger partial charge on any atom is 0.133 e. The van der Waals surface area contributed by atoms with Gasteiger partial charge < -0.3 is 4.74 Å². The largest absolute Gasteiger partial charge is 0.488 e. The zero-order valence-corrected chi connectivity index (χ0v) is 17.8. The first-order valence-electron chi connectivity index (χ1n) is 8.70. The lowest BCUT2D eigenvalue weighted by Crippen LogP contribution is -2.07. The molecule has 0 spiro atoms. The van der Waals surface area contributed by atoms with Gasteiger partial charge in [-0.1, -0.05) is 66.4 Å². The Morgan fingerprint density at radius 2 is 1.86 bits per heavy atom. The number of ether oxygens (including phenoxy) is 1. The summed E-state index contributed by atoms with van der Waals surface area (Å²) >= 11 is 3.99. The fourth-order valence-electron chi connectivity index (χ4n) is 2.85. The van der Waals surface area contributed by atoms with Crippen molar-refractivity contribution in [3.8, 4) is 11.8 Å². The molecule has 4 rings (SSSR count). The maximum absolute atomic E-state index is 9.20. The van der Waals surface area contributed by atoms with Crippen LogP contribution in [-0.2, 0) is 6.61 Å². The number of nitriles is 1. The molecule has 0 fully saturated rings. The van der Waals surface area contributed by atoms with E-state index in [2.05, 4.69) is 63.5 Å². The number of nitrogens with zero attached hydrogens (tertiary/aromatic N) is 2. The van der Waals surface area contributed by atoms with Crippen LogP contribution in [0.3, 0.4) is 0 Å². The second-order valence-electron chi connectivity index (χ2n) is 6.16. The van der Waals surface area contributed by atoms with Crippen LogP contribution < -0.4 is 10.2 Å². The minimum Gasteiger partial charge on any atom is -0.488 e. The van der Waals surface area contributed by atoms with E-state index in [-0.39, 0.29) is 5.37 Å². The Balaban J connectivity index is 1.43. The van der Waals surface area contributed by atoms with Gasteiger partial charge in [-0.25, -0.2) is 0 Å². The smallest absolute Gasteiger partial charge is 0.133 e. The number of hydrazone groups is 1. The van der Waals surface area contributed by atoms with Crippen LogP contribution in [0.25, 0.3) is 0 Å². The van der Waals surface area contributed by atoms with Gasteiger partial charge in [-0.15, -0.1) is 0 Å². The first-order chi connectivity index (χ1) is 13.7. The highest BCUT2D eigenvalue weighted by Crippen LogP contribution is 2.36. The zero-order chi connectivity index (χ0) is 19.3. The van der Waals surface area contributed by atoms with E-state index >= 15 is 0 Å². The molecular formula is C22H16IN3OS. The van der Waals surface area contributed by atoms with Crippen molar-refractivity contribution < 1.29 is 4.74 Å². The van der Waals surface area contributed by atoms with Crippen LogP contribution in [0.1, 0.15) is 27.6 Å². The average Bonchev–Trinajstić information content (AvgIpc) is 3.24. The predicted octanol–water partition coefficient (Wildman–Crippen LogP) is 5.44. The summed E-state index contributed by atoms with van der Waals surface area (Å²) in [5, 5.41) is 14.8. The maximum atomic E-state index is 9.20. The van der Waals surface area contributed by atoms with Gasteiger partial charge in [-0.2, -0.15) is 10.4 Å². The van der Waals surface area contributed by atoms with Gasteiger partial charge >= 0.3 is 0 Å². The highest BCUT2D eigenvalue weighted by atomic mass is 127. The molecule has 0 aliphatic carbocycles. The Morgan fingerprint density at radius 3 is 2.64 bits per heavy atom. The van der Waals surface area contributed by atoms with Gasteiger partial charge in [0.1, 0.15) is 22.8 Å². The summed E-state index contributed by atoms with van der Waals surface area (Å²) in [6.45, 7) is 0.372. The molecule has 1 aliphatic heterocycles. The third-order valence-electron chi connectivity index (χ3n) is 4.31. The minimum atomic E-state index is 0.0806. The molecule has 1 N–H and O–H groups in total. The number of rotatable bonds is 5. The lowest BCUT2D eigenvalue weighted by atomic mass is 10.1. The second-order valence-corrected chi connectivity index (χ2v) is 8.41. The van der Waals surface area contributed by atoms with E-state index in [4.69, 9.17) is 4.74 Å². The quantitative estimate of drug-likeness (QED) is 0.478. The third-order valence-corrected chi connectivity index (χ3v) is 6.32. The molecule has 0 saturated carbocycles. The number of hydrogen-bond donors (Lipinski definition) is 1. The van der Waals surface area contributed by atoms with E-state index in [0.717, 1.165) is 31.1 Å². The van der Waals surface area contributed by atoms with Gasteiger partial charge in [-0.05, 0) is 46.4 Å². The van der Waals surface area contributed by atoms with Gasteiger partial charge in [-0.3, -0.25) is 5.43 Å². The van der Waals surface area contributed by atoms with Crippen LogP contribution in [0.4, 0.5) is 0 Å². The molecule has 6 heteroatoms. The Morgan fingerprint density at radius 1 is 1.07 bits per heavy atom. The number of halogens is 1. The van der Waals surface area contributed by atoms with Crippen molar-refractivity contribution in [2.45, 2.75) is 12.0 Å². The van der Waals surface area contributed by atoms with E-state index in [1.165, 1.54) is 0 Å². The first-order valence-corrected chi connectivity index (χ1v) is 10.7. The van der Waals surface area contributed by atoms with Gasteiger partial charge in [0.25, 0.3) is 0 Å². The van der Waals surface area contributed by atoms with Crippen molar-refractivity contribution in [2.75, 3.05) is 0 Å². The summed E-state index contributed by atoms with van der Waals surface area (Å²) < 4.78 is 6.99. The van der Waals surface area contributed by atoms with E-state index in [9.17, 15) is 5.26 Å². The summed E-state index contributed by atoms with van der Waals surface area (Å²) in [5.41, 5.74) is 7.01. The topological polar surface area (TPSA) is 57.4 Å². The van der Waals surface area contributed by atoms with Crippen LogP contribution >= 0.6 is 34.4 Å². The van der Waals surface area contributed by atoms with E-state index in [1.54, 1.807) is 17.8 Å². The van der Waals surface area contributed by atoms with Crippen molar-refractivity contribution in [1.29, 1.82) is 5.26 Å². The number of benzene rings is 3. The molecule has 138 valence electrons. The first kappa shape index (κ1) is 18.8. The van der Waals surface area contributed by atoms with Gasteiger partial charge in [0, 0.05) is 11.1 Å². The highest BCUT2D eigenvalue weighted by molar-refractivity contribution is 14.1. The molecule has 0 unspecified atom stereocenters. The lowest BCUT2D eigenvalue weighted by Gasteiger charge is -2.13. The summed E-state index contributed by atoms with van der Waals surface area (Å²) in [7, 11) is 0. The summed E-state index contributed by atoms with van der Waals surface area (Å²) in [6.07, 6.45) is 0. The normalized spacial score (nSPS) is 15.4. The molecule has 4 nitrogen and oxygen atoms in total. The van der Waals surface area contributed by atoms with Crippen LogP contribution in [0, 0.1) is 14.9 Å². The molecule has 0 saturated heterocycles. The Kier molecular flexibility index (Phi) is 5.84. The molecular weight excluding hydrogens is 481 g/mol. The predicted molar refractivity (Wildman–Crippen MR) is 121 cm³/mol. The van der Waals surface area contributed by atoms with Crippen LogP contribution in [0.5, 0.6) is 5.75 Å². The third kappa shape index (κ3) is 4.16. The van der Waals surface area contributed by atoms with E-state index in [1.807, 2.05) is 42.5 Å². The van der Waals surface area contributed by atoms with Crippen molar-refractivity contribution in [1.82, 2.24) is 5.43 Å². The Labute approximate surface area is 181 Å². The number of thioether (sulfide) groups is 1. The van der Waals surface area contributed by atoms with Crippen LogP contribution in [-0.4, -0.2) is 5.04 Å². The Bertz CT molecular complexity index is 1060. The average molecular weight is 497 g/mol. The number of nitrogens with one attached hydrogen (secondary N) is 1. The zero-order valence-electron chi connectivity index (χ0n) is 14.8. The molecule has 3 aromatic rings. The monoisotopic (exact) mass is 497 g/mol. The number of hydrogen-bond acceptors (Lipinski definition) is 5. The lowest BCUT2D eigenvalue weighted by molar-refractivity contribution is 0.303. The molecule has 0 aromatic heterocycles. The second kappa shape index (κ2) is 8.67. The van der Waals surface area contributed by atoms with E-state index in [0.29, 0.717) is 12.2 Å². The highest BCUT2D eigenvalue weighted by Gasteiger charge is 2.22. The van der Waals surface area contributed by atoms with Gasteiger partial charge in [0.15, 0.2) is 0 Å². The van der Waals surface area contributed by atoms with Crippen molar-refractivity contribution in [3.63, 3.8) is 0 Å². The van der Waals surface area contributed by atoms with Crippen LogP contribution in [0.2, 0.25) is 0 Å². The van der Waals surface area contributed by atoms with Crippen molar-refractivity contribution in [3.05, 3.63) is 98.6 Å². The fraction of sp³-hybridized carbons (Fsp3) is 0.0909. The van der Waals surface area contributed by atoms with Crippen molar-refractivity contribution in [2.24, 2.45) is 5.10 Å². The van der Waals surface area contributed by atoms with Gasteiger partial charge in [0.2, 0.25) is 0 Å². The molecule has 1 atom stereocenters. The molecule has 1 aliphatic rings. The Hall–Kier alpha value is -2.50. The standard InChI is InChI=1S/C22H16IN3OS/c23-19-12-16(22-26-25-21(28-22)15-6-2-1-3-7-15)10-11-20(19)27-14-18-9-5-4-8-17(18)13-24/h1-12,22,26H,14H2/t22-/m1/s1. The molecule has 0 amide bonds. The van der Waals surface area contributed by atoms with Gasteiger partial charge in [0.05, 0.1) is 15.2 Å². The molecule has 3 aromatic carbocycles. The fourth-order valence-corrected chi connectivity index (χ4v) is 4.53. The molecule has 0 radical (unpaired) electrons. The molecule has 28 heavy (non-hydrogen) atoms. The minimum absolute atomic E-state index is 0.0806. The summed E-state index contributed by atoms with van der Waals surface area (Å²) in [4.78, 5) is 0. The molecule has 1 heterocycles. The molecule has 0 bridgehead atoms. The summed E-state index contributed by atoms with van der Waals surface area (Å²) in [5.74, 6) is 0.810. The van der Waals surface area contributed by atoms with Crippen molar-refractivity contribution >= 4 is 39.4 Å². The SMILES string of the molecule is N#Cc1ccccc1COc1ccc([C@@H]2NN=C(c3ccccc3)S2)cc1I. The van der Waals surface area contributed by atoms with Crippen LogP contribution in [0.15, 0.2) is 77.9 Å². The van der Waals surface area contributed by atoms with E-state index < -0.39 is 0 Å².